The van der Waals surface area contributed by atoms with Crippen molar-refractivity contribution >= 4 is 15.9 Å². The van der Waals surface area contributed by atoms with E-state index in [1.165, 1.54) is 4.31 Å². The number of amides is 1. The van der Waals surface area contributed by atoms with Crippen molar-refractivity contribution in [1.82, 2.24) is 14.2 Å². The second kappa shape index (κ2) is 7.55. The molecule has 1 amide bonds. The average molecular weight is 373 g/mol. The first kappa shape index (κ1) is 18.5. The van der Waals surface area contributed by atoms with Crippen LogP contribution in [0.1, 0.15) is 24.0 Å². The summed E-state index contributed by atoms with van der Waals surface area (Å²) < 4.78 is 27.3. The molecule has 0 radical (unpaired) electrons. The molecule has 0 bridgehead atoms. The van der Waals surface area contributed by atoms with Gasteiger partial charge < -0.3 is 4.90 Å². The number of aromatic nitrogens is 1. The van der Waals surface area contributed by atoms with E-state index >= 15 is 0 Å². The first-order valence-electron chi connectivity index (χ1n) is 8.62. The van der Waals surface area contributed by atoms with Crippen LogP contribution in [0.2, 0.25) is 0 Å². The molecule has 1 atom stereocenters. The number of hydrogen-bond donors (Lipinski definition) is 0. The van der Waals surface area contributed by atoms with Crippen LogP contribution in [0.25, 0.3) is 0 Å². The van der Waals surface area contributed by atoms with E-state index in [1.807, 2.05) is 19.1 Å². The molecule has 1 saturated heterocycles. The lowest BCUT2D eigenvalue weighted by Gasteiger charge is -2.27. The van der Waals surface area contributed by atoms with Gasteiger partial charge in [-0.1, -0.05) is 23.8 Å². The lowest BCUT2D eigenvalue weighted by molar-refractivity contribution is -0.133. The SMILES string of the molecule is Cc1ccc(S(=O)(=O)N2CCCC2C(=O)N(C)Cc2cccnc2)cc1. The van der Waals surface area contributed by atoms with Crippen LogP contribution in [0, 0.1) is 6.92 Å². The molecular formula is C19H23N3O3S. The average Bonchev–Trinajstić information content (AvgIpc) is 3.13. The van der Waals surface area contributed by atoms with Gasteiger partial charge in [0.15, 0.2) is 0 Å². The van der Waals surface area contributed by atoms with Gasteiger partial charge in [0.2, 0.25) is 15.9 Å². The van der Waals surface area contributed by atoms with E-state index < -0.39 is 16.1 Å². The second-order valence-electron chi connectivity index (χ2n) is 6.64. The molecule has 3 rings (SSSR count). The zero-order chi connectivity index (χ0) is 18.7. The molecule has 2 heterocycles. The molecule has 2 aromatic rings. The summed E-state index contributed by atoms with van der Waals surface area (Å²) in [5.41, 5.74) is 1.91. The monoisotopic (exact) mass is 373 g/mol. The Bertz CT molecular complexity index is 867. The minimum absolute atomic E-state index is 0.179. The van der Waals surface area contributed by atoms with Gasteiger partial charge in [0.05, 0.1) is 4.90 Å². The molecule has 1 aliphatic rings. The number of rotatable bonds is 5. The molecule has 1 aromatic carbocycles. The maximum Gasteiger partial charge on any atom is 0.243 e. The quantitative estimate of drug-likeness (QED) is 0.806. The Morgan fingerprint density at radius 3 is 2.65 bits per heavy atom. The highest BCUT2D eigenvalue weighted by Gasteiger charge is 2.40. The van der Waals surface area contributed by atoms with Crippen molar-refractivity contribution < 1.29 is 13.2 Å². The fraction of sp³-hybridized carbons (Fsp3) is 0.368. The molecule has 1 aromatic heterocycles. The van der Waals surface area contributed by atoms with Crippen LogP contribution in [0.5, 0.6) is 0 Å². The zero-order valence-electron chi connectivity index (χ0n) is 15.0. The van der Waals surface area contributed by atoms with Crippen molar-refractivity contribution in [3.63, 3.8) is 0 Å². The van der Waals surface area contributed by atoms with E-state index in [0.29, 0.717) is 25.9 Å². The number of hydrogen-bond acceptors (Lipinski definition) is 4. The fourth-order valence-corrected chi connectivity index (χ4v) is 4.87. The Morgan fingerprint density at radius 1 is 1.27 bits per heavy atom. The summed E-state index contributed by atoms with van der Waals surface area (Å²) in [6, 6.07) is 9.81. The topological polar surface area (TPSA) is 70.6 Å². The summed E-state index contributed by atoms with van der Waals surface area (Å²) in [5, 5.41) is 0. The number of likely N-dealkylation sites (N-methyl/N-ethyl adjacent to an activating group) is 1. The van der Waals surface area contributed by atoms with Crippen molar-refractivity contribution in [3.05, 3.63) is 59.9 Å². The second-order valence-corrected chi connectivity index (χ2v) is 8.53. The van der Waals surface area contributed by atoms with Gasteiger partial charge in [-0.3, -0.25) is 9.78 Å². The van der Waals surface area contributed by atoms with Crippen molar-refractivity contribution in [2.24, 2.45) is 0 Å². The van der Waals surface area contributed by atoms with Gasteiger partial charge in [-0.2, -0.15) is 4.31 Å². The van der Waals surface area contributed by atoms with Crippen molar-refractivity contribution in [1.29, 1.82) is 0 Å². The normalized spacial score (nSPS) is 18.0. The van der Waals surface area contributed by atoms with Crippen LogP contribution < -0.4 is 0 Å². The predicted molar refractivity (Wildman–Crippen MR) is 98.8 cm³/mol. The number of sulfonamides is 1. The standard InChI is InChI=1S/C19H23N3O3S/c1-15-7-9-17(10-8-15)26(24,25)22-12-4-6-18(22)19(23)21(2)14-16-5-3-11-20-13-16/h3,5,7-11,13,18H,4,6,12,14H2,1-2H3. The van der Waals surface area contributed by atoms with Gasteiger partial charge in [-0.05, 0) is 43.5 Å². The van der Waals surface area contributed by atoms with Crippen molar-refractivity contribution in [2.45, 2.75) is 37.2 Å². The summed E-state index contributed by atoms with van der Waals surface area (Å²) in [5.74, 6) is -0.179. The summed E-state index contributed by atoms with van der Waals surface area (Å²) in [6.45, 7) is 2.68. The minimum atomic E-state index is -3.68. The predicted octanol–water partition coefficient (Wildman–Crippen LogP) is 2.20. The number of nitrogens with zero attached hydrogens (tertiary/aromatic N) is 3. The molecule has 7 heteroatoms. The maximum atomic E-state index is 13.0. The fourth-order valence-electron chi connectivity index (χ4n) is 3.22. The third-order valence-corrected chi connectivity index (χ3v) is 6.56. The van der Waals surface area contributed by atoms with Gasteiger partial charge >= 0.3 is 0 Å². The van der Waals surface area contributed by atoms with Gasteiger partial charge in [0.1, 0.15) is 6.04 Å². The van der Waals surface area contributed by atoms with Crippen LogP contribution >= 0.6 is 0 Å². The molecule has 0 N–H and O–H groups in total. The third kappa shape index (κ3) is 3.78. The molecule has 0 saturated carbocycles. The van der Waals surface area contributed by atoms with Crippen LogP contribution in [0.15, 0.2) is 53.7 Å². The van der Waals surface area contributed by atoms with E-state index in [-0.39, 0.29) is 10.8 Å². The van der Waals surface area contributed by atoms with Gasteiger partial charge in [0, 0.05) is 32.5 Å². The van der Waals surface area contributed by atoms with E-state index in [0.717, 1.165) is 11.1 Å². The Balaban J connectivity index is 1.78. The lowest BCUT2D eigenvalue weighted by atomic mass is 10.2. The van der Waals surface area contributed by atoms with E-state index in [1.54, 1.807) is 48.6 Å². The van der Waals surface area contributed by atoms with E-state index in [2.05, 4.69) is 4.98 Å². The number of carbonyl (C=O) groups is 1. The Labute approximate surface area is 154 Å². The summed E-state index contributed by atoms with van der Waals surface area (Å²) in [7, 11) is -1.98. The smallest absolute Gasteiger partial charge is 0.243 e. The molecule has 0 aliphatic carbocycles. The van der Waals surface area contributed by atoms with Gasteiger partial charge in [0.25, 0.3) is 0 Å². The van der Waals surface area contributed by atoms with Crippen molar-refractivity contribution in [2.75, 3.05) is 13.6 Å². The lowest BCUT2D eigenvalue weighted by Crippen LogP contribution is -2.46. The summed E-state index contributed by atoms with van der Waals surface area (Å²) >= 11 is 0. The van der Waals surface area contributed by atoms with Gasteiger partial charge in [-0.25, -0.2) is 8.42 Å². The highest BCUT2D eigenvalue weighted by molar-refractivity contribution is 7.89. The Kier molecular flexibility index (Phi) is 5.38. The number of benzene rings is 1. The summed E-state index contributed by atoms with van der Waals surface area (Å²) in [6.07, 6.45) is 4.61. The van der Waals surface area contributed by atoms with E-state index in [9.17, 15) is 13.2 Å². The number of pyridine rings is 1. The summed E-state index contributed by atoms with van der Waals surface area (Å²) in [4.78, 5) is 18.8. The zero-order valence-corrected chi connectivity index (χ0v) is 15.8. The highest BCUT2D eigenvalue weighted by Crippen LogP contribution is 2.27. The molecule has 1 fully saturated rings. The molecule has 26 heavy (non-hydrogen) atoms. The first-order valence-corrected chi connectivity index (χ1v) is 10.1. The minimum Gasteiger partial charge on any atom is -0.340 e. The molecular weight excluding hydrogens is 350 g/mol. The van der Waals surface area contributed by atoms with Crippen LogP contribution in [0.3, 0.4) is 0 Å². The molecule has 0 spiro atoms. The maximum absolute atomic E-state index is 13.0. The highest BCUT2D eigenvalue weighted by atomic mass is 32.2. The number of aryl methyl sites for hydroxylation is 1. The first-order chi connectivity index (χ1) is 12.4. The molecule has 6 nitrogen and oxygen atoms in total. The van der Waals surface area contributed by atoms with Crippen LogP contribution in [0.4, 0.5) is 0 Å². The third-order valence-electron chi connectivity index (χ3n) is 4.64. The van der Waals surface area contributed by atoms with Crippen LogP contribution in [-0.4, -0.2) is 48.1 Å². The Hall–Kier alpha value is -2.25. The number of carbonyl (C=O) groups excluding carboxylic acids is 1. The van der Waals surface area contributed by atoms with Crippen LogP contribution in [-0.2, 0) is 21.4 Å². The molecule has 138 valence electrons. The molecule has 1 unspecified atom stereocenters. The van der Waals surface area contributed by atoms with E-state index in [4.69, 9.17) is 0 Å². The molecule has 1 aliphatic heterocycles. The largest absolute Gasteiger partial charge is 0.340 e. The van der Waals surface area contributed by atoms with Gasteiger partial charge in [-0.15, -0.1) is 0 Å². The Morgan fingerprint density at radius 2 is 2.00 bits per heavy atom. The van der Waals surface area contributed by atoms with Crippen molar-refractivity contribution in [3.8, 4) is 0 Å².